The maximum absolute atomic E-state index is 12.1. The van der Waals surface area contributed by atoms with Gasteiger partial charge in [0.2, 0.25) is 0 Å². The van der Waals surface area contributed by atoms with Gasteiger partial charge in [-0.3, -0.25) is 10.1 Å². The van der Waals surface area contributed by atoms with Crippen LogP contribution in [0.25, 0.3) is 0 Å². The molecule has 0 spiro atoms. The Hall–Kier alpha value is -1.63. The zero-order chi connectivity index (χ0) is 14.7. The van der Waals surface area contributed by atoms with Crippen LogP contribution in [0, 0.1) is 5.92 Å². The number of carboxylic acid groups (broad SMARTS) is 1. The van der Waals surface area contributed by atoms with E-state index in [0.717, 1.165) is 12.1 Å². The molecule has 7 heteroatoms. The molecule has 1 aliphatic heterocycles. The zero-order valence-electron chi connectivity index (χ0n) is 11.6. The number of likely N-dealkylation sites (tertiary alicyclic amines) is 1. The van der Waals surface area contributed by atoms with Crippen molar-refractivity contribution in [1.29, 1.82) is 0 Å². The molecule has 6 nitrogen and oxygen atoms in total. The van der Waals surface area contributed by atoms with E-state index in [1.54, 1.807) is 4.90 Å². The number of piperidine rings is 1. The quantitative estimate of drug-likeness (QED) is 0.898. The second kappa shape index (κ2) is 6.21. The van der Waals surface area contributed by atoms with Crippen LogP contribution in [0.1, 0.15) is 38.3 Å². The van der Waals surface area contributed by atoms with Gasteiger partial charge in [0.05, 0.1) is 11.6 Å². The fourth-order valence-corrected chi connectivity index (χ4v) is 3.00. The Morgan fingerprint density at radius 1 is 1.55 bits per heavy atom. The van der Waals surface area contributed by atoms with Gasteiger partial charge in [-0.15, -0.1) is 11.3 Å². The Morgan fingerprint density at radius 3 is 2.90 bits per heavy atom. The molecule has 20 heavy (non-hydrogen) atoms. The number of nitrogens with zero attached hydrogens (tertiary/aromatic N) is 2. The molecule has 1 aromatic rings. The lowest BCUT2D eigenvalue weighted by molar-refractivity contribution is -0.143. The second-order valence-electron chi connectivity index (χ2n) is 5.29. The minimum atomic E-state index is -0.834. The normalized spacial score (nSPS) is 19.1. The Morgan fingerprint density at radius 2 is 2.30 bits per heavy atom. The van der Waals surface area contributed by atoms with Crippen molar-refractivity contribution >= 4 is 28.5 Å². The Labute approximate surface area is 121 Å². The topological polar surface area (TPSA) is 82.5 Å². The zero-order valence-corrected chi connectivity index (χ0v) is 12.4. The maximum Gasteiger partial charge on any atom is 0.323 e. The SMILES string of the molecule is CC(C)c1csc(NC(=O)N2CCCC(C(=O)O)C2)n1. The first-order valence-corrected chi connectivity index (χ1v) is 7.59. The van der Waals surface area contributed by atoms with Crippen LogP contribution in [0.5, 0.6) is 0 Å². The molecule has 0 aliphatic carbocycles. The van der Waals surface area contributed by atoms with Crippen LogP contribution < -0.4 is 5.32 Å². The first kappa shape index (κ1) is 14.8. The van der Waals surface area contributed by atoms with Crippen LogP contribution in [0.4, 0.5) is 9.93 Å². The van der Waals surface area contributed by atoms with Crippen molar-refractivity contribution in [2.75, 3.05) is 18.4 Å². The van der Waals surface area contributed by atoms with Gasteiger partial charge >= 0.3 is 12.0 Å². The van der Waals surface area contributed by atoms with Crippen LogP contribution in [0.3, 0.4) is 0 Å². The van der Waals surface area contributed by atoms with E-state index >= 15 is 0 Å². The fraction of sp³-hybridized carbons (Fsp3) is 0.615. The average Bonchev–Trinajstić information content (AvgIpc) is 2.87. The van der Waals surface area contributed by atoms with E-state index in [-0.39, 0.29) is 12.6 Å². The molecular weight excluding hydrogens is 278 g/mol. The molecule has 0 saturated carbocycles. The van der Waals surface area contributed by atoms with Crippen molar-refractivity contribution in [2.45, 2.75) is 32.6 Å². The average molecular weight is 297 g/mol. The van der Waals surface area contributed by atoms with Crippen molar-refractivity contribution in [3.8, 4) is 0 Å². The van der Waals surface area contributed by atoms with Crippen LogP contribution in [-0.4, -0.2) is 40.1 Å². The van der Waals surface area contributed by atoms with E-state index in [9.17, 15) is 9.59 Å². The smallest absolute Gasteiger partial charge is 0.323 e. The van der Waals surface area contributed by atoms with Crippen molar-refractivity contribution < 1.29 is 14.7 Å². The van der Waals surface area contributed by atoms with E-state index in [1.165, 1.54) is 11.3 Å². The number of thiazole rings is 1. The van der Waals surface area contributed by atoms with Gasteiger partial charge in [0.1, 0.15) is 0 Å². The highest BCUT2D eigenvalue weighted by Gasteiger charge is 2.28. The van der Waals surface area contributed by atoms with E-state index in [1.807, 2.05) is 19.2 Å². The molecule has 0 aromatic carbocycles. The monoisotopic (exact) mass is 297 g/mol. The van der Waals surface area contributed by atoms with Gasteiger partial charge in [-0.25, -0.2) is 9.78 Å². The number of urea groups is 1. The third kappa shape index (κ3) is 3.47. The van der Waals surface area contributed by atoms with Crippen molar-refractivity contribution in [2.24, 2.45) is 5.92 Å². The van der Waals surface area contributed by atoms with Crippen LogP contribution in [0.15, 0.2) is 5.38 Å². The molecule has 1 fully saturated rings. The lowest BCUT2D eigenvalue weighted by Gasteiger charge is -2.30. The molecule has 0 bridgehead atoms. The predicted molar refractivity (Wildman–Crippen MR) is 77.2 cm³/mol. The third-order valence-electron chi connectivity index (χ3n) is 3.39. The largest absolute Gasteiger partial charge is 0.481 e. The third-order valence-corrected chi connectivity index (χ3v) is 4.16. The van der Waals surface area contributed by atoms with Gasteiger partial charge in [-0.05, 0) is 18.8 Å². The summed E-state index contributed by atoms with van der Waals surface area (Å²) in [5, 5.41) is 14.3. The summed E-state index contributed by atoms with van der Waals surface area (Å²) in [6.07, 6.45) is 1.35. The van der Waals surface area contributed by atoms with Gasteiger partial charge in [0, 0.05) is 18.5 Å². The van der Waals surface area contributed by atoms with Gasteiger partial charge in [0.25, 0.3) is 0 Å². The molecular formula is C13H19N3O3S. The molecule has 2 heterocycles. The minimum absolute atomic E-state index is 0.263. The highest BCUT2D eigenvalue weighted by Crippen LogP contribution is 2.23. The lowest BCUT2D eigenvalue weighted by atomic mass is 9.99. The summed E-state index contributed by atoms with van der Waals surface area (Å²) in [5.41, 5.74) is 0.951. The fourth-order valence-electron chi connectivity index (χ4n) is 2.14. The van der Waals surface area contributed by atoms with Crippen LogP contribution in [0.2, 0.25) is 0 Å². The summed E-state index contributed by atoms with van der Waals surface area (Å²) in [6, 6.07) is -0.263. The van der Waals surface area contributed by atoms with Gasteiger partial charge in [-0.2, -0.15) is 0 Å². The summed E-state index contributed by atoms with van der Waals surface area (Å²) in [4.78, 5) is 29.0. The first-order chi connectivity index (χ1) is 9.47. The van der Waals surface area contributed by atoms with Crippen molar-refractivity contribution in [3.63, 3.8) is 0 Å². The van der Waals surface area contributed by atoms with Crippen LogP contribution >= 0.6 is 11.3 Å². The number of hydrogen-bond acceptors (Lipinski definition) is 4. The Balaban J connectivity index is 1.95. The number of anilines is 1. The van der Waals surface area contributed by atoms with Crippen molar-refractivity contribution in [3.05, 3.63) is 11.1 Å². The molecule has 1 saturated heterocycles. The van der Waals surface area contributed by atoms with Gasteiger partial charge in [0.15, 0.2) is 5.13 Å². The Bertz CT molecular complexity index is 501. The number of amides is 2. The molecule has 1 aliphatic rings. The molecule has 2 rings (SSSR count). The number of carbonyl (C=O) groups excluding carboxylic acids is 1. The summed E-state index contributed by atoms with van der Waals surface area (Å²) >= 11 is 1.39. The molecule has 0 radical (unpaired) electrons. The van der Waals surface area contributed by atoms with E-state index < -0.39 is 11.9 Å². The highest BCUT2D eigenvalue weighted by atomic mass is 32.1. The van der Waals surface area contributed by atoms with Crippen LogP contribution in [-0.2, 0) is 4.79 Å². The van der Waals surface area contributed by atoms with Crippen molar-refractivity contribution in [1.82, 2.24) is 9.88 Å². The number of nitrogens with one attached hydrogen (secondary N) is 1. The Kier molecular flexibility index (Phi) is 4.59. The van der Waals surface area contributed by atoms with Gasteiger partial charge < -0.3 is 10.0 Å². The van der Waals surface area contributed by atoms with E-state index in [4.69, 9.17) is 5.11 Å². The number of aliphatic carboxylic acids is 1. The molecule has 110 valence electrons. The summed E-state index contributed by atoms with van der Waals surface area (Å²) in [6.45, 7) is 4.95. The summed E-state index contributed by atoms with van der Waals surface area (Å²) in [7, 11) is 0. The number of carbonyl (C=O) groups is 2. The second-order valence-corrected chi connectivity index (χ2v) is 6.14. The number of aromatic nitrogens is 1. The van der Waals surface area contributed by atoms with E-state index in [2.05, 4.69) is 10.3 Å². The number of carboxylic acids is 1. The number of hydrogen-bond donors (Lipinski definition) is 2. The predicted octanol–water partition coefficient (Wildman–Crippen LogP) is 2.60. The highest BCUT2D eigenvalue weighted by molar-refractivity contribution is 7.13. The standard InChI is InChI=1S/C13H19N3O3S/c1-8(2)10-7-20-12(14-10)15-13(19)16-5-3-4-9(6-16)11(17)18/h7-9H,3-6H2,1-2H3,(H,17,18)(H,14,15,19). The summed E-state index contributed by atoms with van der Waals surface area (Å²) < 4.78 is 0. The van der Waals surface area contributed by atoms with E-state index in [0.29, 0.717) is 24.0 Å². The minimum Gasteiger partial charge on any atom is -0.481 e. The molecule has 2 N–H and O–H groups in total. The van der Waals surface area contributed by atoms with Gasteiger partial charge in [-0.1, -0.05) is 13.8 Å². The lowest BCUT2D eigenvalue weighted by Crippen LogP contribution is -2.44. The first-order valence-electron chi connectivity index (χ1n) is 6.71. The number of rotatable bonds is 3. The maximum atomic E-state index is 12.1. The molecule has 1 aromatic heterocycles. The summed E-state index contributed by atoms with van der Waals surface area (Å²) in [5.74, 6) is -0.973. The molecule has 1 unspecified atom stereocenters. The molecule has 1 atom stereocenters. The molecule has 2 amide bonds.